The monoisotopic (exact) mass is 171 g/mol. The summed E-state index contributed by atoms with van der Waals surface area (Å²) in [6, 6.07) is 0.391. The van der Waals surface area contributed by atoms with E-state index in [2.05, 4.69) is 10.6 Å². The van der Waals surface area contributed by atoms with Crippen LogP contribution in [0.1, 0.15) is 6.42 Å². The van der Waals surface area contributed by atoms with Gasteiger partial charge in [-0.3, -0.25) is 0 Å². The Bertz CT molecular complexity index is 131. The zero-order chi connectivity index (χ0) is 8.23. The molecule has 0 amide bonds. The van der Waals surface area contributed by atoms with Crippen molar-refractivity contribution in [2.75, 3.05) is 32.8 Å². The molecule has 0 aromatic carbocycles. The highest BCUT2D eigenvalue weighted by molar-refractivity contribution is 4.76. The Labute approximate surface area is 72.6 Å². The molecule has 0 aliphatic carbocycles. The lowest BCUT2D eigenvalue weighted by Gasteiger charge is -2.24. The molecule has 4 heteroatoms. The number of nitrogens with zero attached hydrogens (tertiary/aromatic N) is 1. The van der Waals surface area contributed by atoms with Crippen molar-refractivity contribution in [1.82, 2.24) is 10.6 Å². The van der Waals surface area contributed by atoms with Gasteiger partial charge in [-0.05, 0) is 0 Å². The number of rotatable bonds is 2. The maximum absolute atomic E-state index is 5.35. The molecule has 1 unspecified atom stereocenters. The predicted octanol–water partition coefficient (Wildman–Crippen LogP) is -0.674. The van der Waals surface area contributed by atoms with Crippen molar-refractivity contribution in [3.05, 3.63) is 0 Å². The van der Waals surface area contributed by atoms with Crippen LogP contribution >= 0.6 is 0 Å². The van der Waals surface area contributed by atoms with Crippen LogP contribution in [0.5, 0.6) is 0 Å². The number of hydrogen-bond acceptors (Lipinski definition) is 3. The second-order valence-corrected chi connectivity index (χ2v) is 3.17. The van der Waals surface area contributed by atoms with Crippen molar-refractivity contribution in [3.63, 3.8) is 0 Å². The summed E-state index contributed by atoms with van der Waals surface area (Å²) in [6.07, 6.45) is 0.908. The van der Waals surface area contributed by atoms with Crippen LogP contribution in [0, 0.1) is 0 Å². The number of ether oxygens (including phenoxy) is 2. The van der Waals surface area contributed by atoms with Gasteiger partial charge in [-0.25, -0.2) is 5.32 Å². The first-order chi connectivity index (χ1) is 5.95. The molecule has 0 saturated carbocycles. The van der Waals surface area contributed by atoms with E-state index in [4.69, 9.17) is 9.47 Å². The molecule has 1 N–H and O–H groups in total. The fourth-order valence-corrected chi connectivity index (χ4v) is 1.58. The van der Waals surface area contributed by atoms with Crippen LogP contribution in [-0.2, 0) is 9.47 Å². The molecule has 0 bridgehead atoms. The molecule has 2 aliphatic rings. The van der Waals surface area contributed by atoms with E-state index in [1.165, 1.54) is 0 Å². The topological polar surface area (TPSA) is 44.6 Å². The predicted molar refractivity (Wildman–Crippen MR) is 44.0 cm³/mol. The lowest BCUT2D eigenvalue weighted by molar-refractivity contribution is -0.0535. The largest absolute Gasteiger partial charge is 0.350 e. The number of piperazine rings is 1. The summed E-state index contributed by atoms with van der Waals surface area (Å²) in [5.41, 5.74) is 0. The minimum atomic E-state index is -0.00125. The SMILES string of the molecule is C1CNCC(CC2OCCO2)[N]1. The molecule has 69 valence electrons. The Hall–Kier alpha value is -0.160. The van der Waals surface area contributed by atoms with Gasteiger partial charge in [0.2, 0.25) is 0 Å². The smallest absolute Gasteiger partial charge is 0.159 e. The van der Waals surface area contributed by atoms with Gasteiger partial charge in [0, 0.05) is 32.1 Å². The Morgan fingerprint density at radius 1 is 1.33 bits per heavy atom. The normalized spacial score (nSPS) is 32.5. The summed E-state index contributed by atoms with van der Waals surface area (Å²) < 4.78 is 10.7. The summed E-state index contributed by atoms with van der Waals surface area (Å²) >= 11 is 0. The van der Waals surface area contributed by atoms with Crippen molar-refractivity contribution in [2.45, 2.75) is 18.8 Å². The first-order valence-electron chi connectivity index (χ1n) is 4.56. The Balaban J connectivity index is 1.69. The minimum Gasteiger partial charge on any atom is -0.350 e. The van der Waals surface area contributed by atoms with Crippen molar-refractivity contribution in [1.29, 1.82) is 0 Å². The average Bonchev–Trinajstić information content (AvgIpc) is 2.59. The van der Waals surface area contributed by atoms with Crippen LogP contribution < -0.4 is 10.6 Å². The molecule has 2 heterocycles. The van der Waals surface area contributed by atoms with E-state index in [-0.39, 0.29) is 6.29 Å². The van der Waals surface area contributed by atoms with Gasteiger partial charge >= 0.3 is 0 Å². The zero-order valence-corrected chi connectivity index (χ0v) is 7.16. The fraction of sp³-hybridized carbons (Fsp3) is 1.00. The molecule has 0 aromatic rings. The molecule has 1 radical (unpaired) electrons. The van der Waals surface area contributed by atoms with Crippen molar-refractivity contribution in [3.8, 4) is 0 Å². The Morgan fingerprint density at radius 2 is 2.17 bits per heavy atom. The Kier molecular flexibility index (Phi) is 2.94. The summed E-state index contributed by atoms with van der Waals surface area (Å²) in [7, 11) is 0. The van der Waals surface area contributed by atoms with E-state index in [0.29, 0.717) is 6.04 Å². The molecule has 2 aliphatic heterocycles. The molecule has 2 rings (SSSR count). The van der Waals surface area contributed by atoms with Crippen molar-refractivity contribution >= 4 is 0 Å². The third kappa shape index (κ3) is 2.17. The standard InChI is InChI=1S/C8H15N2O2/c1-2-10-7(6-9-1)5-8-11-3-4-12-8/h7-9H,1-6H2. The van der Waals surface area contributed by atoms with E-state index in [0.717, 1.165) is 39.3 Å². The maximum atomic E-state index is 5.35. The van der Waals surface area contributed by atoms with Gasteiger partial charge < -0.3 is 14.8 Å². The van der Waals surface area contributed by atoms with Crippen LogP contribution in [0.15, 0.2) is 0 Å². The highest BCUT2D eigenvalue weighted by Crippen LogP contribution is 2.11. The highest BCUT2D eigenvalue weighted by atomic mass is 16.7. The first-order valence-corrected chi connectivity index (χ1v) is 4.56. The molecular weight excluding hydrogens is 156 g/mol. The molecule has 2 saturated heterocycles. The average molecular weight is 171 g/mol. The van der Waals surface area contributed by atoms with E-state index in [9.17, 15) is 0 Å². The number of hydrogen-bond donors (Lipinski definition) is 1. The molecule has 2 fully saturated rings. The zero-order valence-electron chi connectivity index (χ0n) is 7.16. The molecule has 0 spiro atoms. The van der Waals surface area contributed by atoms with Gasteiger partial charge in [-0.1, -0.05) is 0 Å². The molecular formula is C8H15N2O2. The summed E-state index contributed by atoms with van der Waals surface area (Å²) in [5.74, 6) is 0. The van der Waals surface area contributed by atoms with Gasteiger partial charge in [0.15, 0.2) is 6.29 Å². The molecule has 12 heavy (non-hydrogen) atoms. The van der Waals surface area contributed by atoms with Gasteiger partial charge in [-0.15, -0.1) is 0 Å². The van der Waals surface area contributed by atoms with Crippen LogP contribution in [0.25, 0.3) is 0 Å². The quantitative estimate of drug-likeness (QED) is 0.599. The summed E-state index contributed by atoms with van der Waals surface area (Å²) in [6.45, 7) is 4.40. The maximum Gasteiger partial charge on any atom is 0.159 e. The van der Waals surface area contributed by atoms with E-state index >= 15 is 0 Å². The van der Waals surface area contributed by atoms with Crippen LogP contribution in [0.2, 0.25) is 0 Å². The fourth-order valence-electron chi connectivity index (χ4n) is 1.58. The van der Waals surface area contributed by atoms with Gasteiger partial charge in [0.25, 0.3) is 0 Å². The summed E-state index contributed by atoms with van der Waals surface area (Å²) in [4.78, 5) is 0. The van der Waals surface area contributed by atoms with Crippen LogP contribution in [0.3, 0.4) is 0 Å². The molecule has 4 nitrogen and oxygen atoms in total. The second kappa shape index (κ2) is 4.18. The lowest BCUT2D eigenvalue weighted by Crippen LogP contribution is -2.45. The number of nitrogens with one attached hydrogen (secondary N) is 1. The van der Waals surface area contributed by atoms with Crippen molar-refractivity contribution < 1.29 is 9.47 Å². The second-order valence-electron chi connectivity index (χ2n) is 3.17. The summed E-state index contributed by atoms with van der Waals surface area (Å²) in [5, 5.41) is 7.77. The van der Waals surface area contributed by atoms with Crippen molar-refractivity contribution in [2.24, 2.45) is 0 Å². The third-order valence-corrected chi connectivity index (χ3v) is 2.21. The Morgan fingerprint density at radius 3 is 2.83 bits per heavy atom. The van der Waals surface area contributed by atoms with Gasteiger partial charge in [-0.2, -0.15) is 0 Å². The minimum absolute atomic E-state index is 0.00125. The van der Waals surface area contributed by atoms with Gasteiger partial charge in [0.05, 0.1) is 13.2 Å². The molecule has 1 atom stereocenters. The lowest BCUT2D eigenvalue weighted by atomic mass is 10.1. The van der Waals surface area contributed by atoms with Crippen LogP contribution in [-0.4, -0.2) is 45.2 Å². The third-order valence-electron chi connectivity index (χ3n) is 2.21. The van der Waals surface area contributed by atoms with E-state index in [1.807, 2.05) is 0 Å². The van der Waals surface area contributed by atoms with Crippen LogP contribution in [0.4, 0.5) is 0 Å². The van der Waals surface area contributed by atoms with E-state index in [1.54, 1.807) is 0 Å². The van der Waals surface area contributed by atoms with Gasteiger partial charge in [0.1, 0.15) is 0 Å². The first kappa shape index (κ1) is 8.44. The highest BCUT2D eigenvalue weighted by Gasteiger charge is 2.22. The molecule has 0 aromatic heterocycles. The van der Waals surface area contributed by atoms with E-state index < -0.39 is 0 Å².